The number of terminal acetylenes is 2. The van der Waals surface area contributed by atoms with E-state index in [1.54, 1.807) is 0 Å². The predicted molar refractivity (Wildman–Crippen MR) is 206 cm³/mol. The second-order valence-electron chi connectivity index (χ2n) is 17.4. The second kappa shape index (κ2) is 21.6. The fourth-order valence-electron chi connectivity index (χ4n) is 10.6. The van der Waals surface area contributed by atoms with Crippen LogP contribution in [0.2, 0.25) is 0 Å². The van der Waals surface area contributed by atoms with Gasteiger partial charge in [-0.15, -0.1) is 12.8 Å². The Morgan fingerprint density at radius 1 is 0.500 bits per heavy atom. The van der Waals surface area contributed by atoms with Gasteiger partial charge in [0.2, 0.25) is 0 Å². The Morgan fingerprint density at radius 3 is 1.10 bits per heavy atom. The van der Waals surface area contributed by atoms with Gasteiger partial charge in [-0.3, -0.25) is 9.59 Å². The average Bonchev–Trinajstić information content (AvgIpc) is 3.14. The lowest BCUT2D eigenvalue weighted by atomic mass is 9.68. The molecule has 0 aromatic heterocycles. The molecule has 4 saturated carbocycles. The van der Waals surface area contributed by atoms with Crippen molar-refractivity contribution in [3.8, 4) is 24.7 Å². The summed E-state index contributed by atoms with van der Waals surface area (Å²) in [4.78, 5) is 25.5. The average molecular weight is 691 g/mol. The van der Waals surface area contributed by atoms with Crippen LogP contribution in [-0.2, 0) is 19.1 Å². The summed E-state index contributed by atoms with van der Waals surface area (Å²) in [7, 11) is 0. The van der Waals surface area contributed by atoms with Crippen molar-refractivity contribution >= 4 is 11.9 Å². The molecule has 0 aliphatic heterocycles. The summed E-state index contributed by atoms with van der Waals surface area (Å²) < 4.78 is 12.0. The number of hydrogen-bond donors (Lipinski definition) is 0. The van der Waals surface area contributed by atoms with Crippen LogP contribution in [0.15, 0.2) is 0 Å². The first-order valence-electron chi connectivity index (χ1n) is 21.7. The van der Waals surface area contributed by atoms with Gasteiger partial charge in [-0.2, -0.15) is 0 Å². The zero-order valence-electron chi connectivity index (χ0n) is 32.5. The van der Waals surface area contributed by atoms with Gasteiger partial charge in [-0.05, 0) is 125 Å². The minimum atomic E-state index is -0.673. The highest BCUT2D eigenvalue weighted by atomic mass is 16.6. The molecule has 0 unspecified atom stereocenters. The van der Waals surface area contributed by atoms with Crippen molar-refractivity contribution in [1.82, 2.24) is 0 Å². The van der Waals surface area contributed by atoms with Crippen molar-refractivity contribution in [3.05, 3.63) is 0 Å². The zero-order valence-corrected chi connectivity index (χ0v) is 32.5. The molecular formula is C46H74O4. The van der Waals surface area contributed by atoms with Crippen LogP contribution in [0.5, 0.6) is 0 Å². The first-order valence-corrected chi connectivity index (χ1v) is 21.7. The van der Waals surface area contributed by atoms with Gasteiger partial charge < -0.3 is 9.47 Å². The van der Waals surface area contributed by atoms with E-state index in [0.29, 0.717) is 12.8 Å². The Balaban J connectivity index is 0.979. The number of rotatable bonds is 19. The van der Waals surface area contributed by atoms with E-state index in [1.807, 2.05) is 0 Å². The van der Waals surface area contributed by atoms with Crippen LogP contribution in [0.25, 0.3) is 0 Å². The van der Waals surface area contributed by atoms with E-state index in [9.17, 15) is 9.59 Å². The predicted octanol–water partition coefficient (Wildman–Crippen LogP) is 12.3. The summed E-state index contributed by atoms with van der Waals surface area (Å²) in [5, 5.41) is 0. The number of hydrogen-bond acceptors (Lipinski definition) is 4. The van der Waals surface area contributed by atoms with Crippen LogP contribution in [0, 0.1) is 60.2 Å². The van der Waals surface area contributed by atoms with Crippen molar-refractivity contribution in [2.24, 2.45) is 35.5 Å². The highest BCUT2D eigenvalue weighted by molar-refractivity contribution is 5.70. The number of esters is 2. The van der Waals surface area contributed by atoms with Crippen LogP contribution in [-0.4, -0.2) is 23.1 Å². The molecule has 0 spiro atoms. The van der Waals surface area contributed by atoms with Gasteiger partial charge in [-0.1, -0.05) is 116 Å². The summed E-state index contributed by atoms with van der Waals surface area (Å²) in [6, 6.07) is 0. The molecule has 0 N–H and O–H groups in total. The van der Waals surface area contributed by atoms with Gasteiger partial charge >= 0.3 is 11.9 Å². The summed E-state index contributed by atoms with van der Waals surface area (Å²) in [6.45, 7) is 4.61. The third-order valence-corrected chi connectivity index (χ3v) is 13.8. The Hall–Kier alpha value is -1.94. The van der Waals surface area contributed by atoms with E-state index in [-0.39, 0.29) is 11.9 Å². The lowest BCUT2D eigenvalue weighted by molar-refractivity contribution is -0.159. The SMILES string of the molecule is C#CC1(OC(=O)CCCCCCCCCCC(=O)OC2(C#C)CCC(C3CCC(CCC)CC3)CC2)CCC(C2CCC(CCC)CC2)CC1. The Bertz CT molecular complexity index is 976. The standard InChI is InChI=1S/C46H74O4/c1-5-17-37-21-25-39(26-22-37)41-29-33-45(7-3,34-30-41)49-43(47)19-15-13-11-9-10-12-14-16-20-44(48)50-46(8-4)35-31-42(32-36-46)40-27-23-38(18-6-2)24-28-40/h3-4,37-42H,5-6,9-36H2,1-2H3. The van der Waals surface area contributed by atoms with Crippen molar-refractivity contribution in [2.75, 3.05) is 0 Å². The Morgan fingerprint density at radius 2 is 0.800 bits per heavy atom. The molecule has 4 aliphatic carbocycles. The maximum atomic E-state index is 12.7. The summed E-state index contributed by atoms with van der Waals surface area (Å²) >= 11 is 0. The molecule has 0 heterocycles. The highest BCUT2D eigenvalue weighted by Gasteiger charge is 2.41. The second-order valence-corrected chi connectivity index (χ2v) is 17.4. The fourth-order valence-corrected chi connectivity index (χ4v) is 10.6. The number of carbonyl (C=O) groups is 2. The molecule has 0 bridgehead atoms. The van der Waals surface area contributed by atoms with Gasteiger partial charge in [0, 0.05) is 12.8 Å². The Kier molecular flexibility index (Phi) is 17.6. The molecule has 4 fully saturated rings. The topological polar surface area (TPSA) is 52.6 Å². The maximum Gasteiger partial charge on any atom is 0.307 e. The molecule has 0 amide bonds. The van der Waals surface area contributed by atoms with Crippen molar-refractivity contribution < 1.29 is 19.1 Å². The van der Waals surface area contributed by atoms with E-state index < -0.39 is 11.2 Å². The molecular weight excluding hydrogens is 617 g/mol. The van der Waals surface area contributed by atoms with E-state index in [2.05, 4.69) is 25.7 Å². The van der Waals surface area contributed by atoms with E-state index >= 15 is 0 Å². The van der Waals surface area contributed by atoms with Crippen LogP contribution in [0.4, 0.5) is 0 Å². The molecule has 4 rings (SSSR count). The molecule has 0 saturated heterocycles. The van der Waals surface area contributed by atoms with Gasteiger partial charge in [0.05, 0.1) is 0 Å². The van der Waals surface area contributed by atoms with Gasteiger partial charge in [0.15, 0.2) is 11.2 Å². The van der Waals surface area contributed by atoms with Crippen LogP contribution in [0.3, 0.4) is 0 Å². The summed E-state index contributed by atoms with van der Waals surface area (Å²) in [6.07, 6.45) is 45.5. The molecule has 0 aromatic rings. The van der Waals surface area contributed by atoms with Gasteiger partial charge in [0.1, 0.15) is 0 Å². The number of ether oxygens (including phenoxy) is 2. The molecule has 282 valence electrons. The molecule has 0 radical (unpaired) electrons. The normalized spacial score (nSPS) is 33.1. The third kappa shape index (κ3) is 12.9. The molecule has 4 aliphatic rings. The first-order chi connectivity index (χ1) is 24.3. The Labute approximate surface area is 308 Å². The lowest BCUT2D eigenvalue weighted by Crippen LogP contribution is -2.39. The van der Waals surface area contributed by atoms with Gasteiger partial charge in [0.25, 0.3) is 0 Å². The minimum absolute atomic E-state index is 0.113. The van der Waals surface area contributed by atoms with E-state index in [4.69, 9.17) is 22.3 Å². The number of unbranched alkanes of at least 4 members (excludes halogenated alkanes) is 7. The third-order valence-electron chi connectivity index (χ3n) is 13.8. The first kappa shape index (κ1) is 40.8. The van der Waals surface area contributed by atoms with Gasteiger partial charge in [-0.25, -0.2) is 0 Å². The monoisotopic (exact) mass is 691 g/mol. The molecule has 50 heavy (non-hydrogen) atoms. The van der Waals surface area contributed by atoms with Crippen LogP contribution >= 0.6 is 0 Å². The largest absolute Gasteiger partial charge is 0.446 e. The summed E-state index contributed by atoms with van der Waals surface area (Å²) in [5.74, 6) is 10.7. The molecule has 4 nitrogen and oxygen atoms in total. The maximum absolute atomic E-state index is 12.7. The lowest BCUT2D eigenvalue weighted by Gasteiger charge is -2.41. The number of carbonyl (C=O) groups excluding carboxylic acids is 2. The fraction of sp³-hybridized carbons (Fsp3) is 0.870. The van der Waals surface area contributed by atoms with E-state index in [1.165, 1.54) is 77.0 Å². The van der Waals surface area contributed by atoms with Crippen molar-refractivity contribution in [2.45, 2.75) is 218 Å². The van der Waals surface area contributed by atoms with Crippen LogP contribution in [0.1, 0.15) is 206 Å². The minimum Gasteiger partial charge on any atom is -0.446 e. The molecule has 0 aromatic carbocycles. The van der Waals surface area contributed by atoms with E-state index in [0.717, 1.165) is 138 Å². The smallest absolute Gasteiger partial charge is 0.307 e. The van der Waals surface area contributed by atoms with Crippen LogP contribution < -0.4 is 0 Å². The molecule has 0 atom stereocenters. The zero-order chi connectivity index (χ0) is 35.7. The highest BCUT2D eigenvalue weighted by Crippen LogP contribution is 2.45. The summed E-state index contributed by atoms with van der Waals surface area (Å²) in [5.41, 5.74) is -1.35. The molecule has 4 heteroatoms. The van der Waals surface area contributed by atoms with Crippen molar-refractivity contribution in [3.63, 3.8) is 0 Å². The van der Waals surface area contributed by atoms with Crippen molar-refractivity contribution in [1.29, 1.82) is 0 Å². The quantitative estimate of drug-likeness (QED) is 0.0769.